The van der Waals surface area contributed by atoms with Crippen LogP contribution in [-0.2, 0) is 11.2 Å². The van der Waals surface area contributed by atoms with Gasteiger partial charge in [-0.05, 0) is 49.8 Å². The smallest absolute Gasteiger partial charge is 0.233 e. The number of benzene rings is 1. The predicted octanol–water partition coefficient (Wildman–Crippen LogP) is 3.91. The summed E-state index contributed by atoms with van der Waals surface area (Å²) in [5.74, 6) is 0.800. The Balaban J connectivity index is 1.34. The van der Waals surface area contributed by atoms with E-state index in [1.54, 1.807) is 13.3 Å². The van der Waals surface area contributed by atoms with Crippen molar-refractivity contribution in [2.45, 2.75) is 12.8 Å². The van der Waals surface area contributed by atoms with Gasteiger partial charge in [-0.1, -0.05) is 12.1 Å². The number of methoxy groups -OCH3 is 1. The third-order valence-electron chi connectivity index (χ3n) is 6.69. The second-order valence-electron chi connectivity index (χ2n) is 9.19. The Morgan fingerprint density at radius 1 is 1.19 bits per heavy atom. The van der Waals surface area contributed by atoms with Gasteiger partial charge in [0, 0.05) is 61.4 Å². The number of carbonyl (C=O) groups is 1. The zero-order valence-corrected chi connectivity index (χ0v) is 21.6. The highest BCUT2D eigenvalue weighted by Gasteiger charge is 2.22. The van der Waals surface area contributed by atoms with E-state index in [0.29, 0.717) is 13.0 Å². The summed E-state index contributed by atoms with van der Waals surface area (Å²) in [6, 6.07) is 11.7. The Morgan fingerprint density at radius 2 is 2.06 bits per heavy atom. The Labute approximate surface area is 215 Å². The highest BCUT2D eigenvalue weighted by molar-refractivity contribution is 7.14. The van der Waals surface area contributed by atoms with Crippen molar-refractivity contribution < 1.29 is 9.53 Å². The summed E-state index contributed by atoms with van der Waals surface area (Å²) in [6.45, 7) is 5.94. The average Bonchev–Trinajstić information content (AvgIpc) is 3.55. The maximum Gasteiger partial charge on any atom is 0.233 e. The van der Waals surface area contributed by atoms with Crippen molar-refractivity contribution in [3.63, 3.8) is 0 Å². The first kappa shape index (κ1) is 24.4. The molecule has 188 valence electrons. The van der Waals surface area contributed by atoms with E-state index in [0.717, 1.165) is 77.9 Å². The lowest BCUT2D eigenvalue weighted by molar-refractivity contribution is -0.118. The summed E-state index contributed by atoms with van der Waals surface area (Å²) in [4.78, 5) is 32.8. The molecule has 1 amide bonds. The normalized spacial score (nSPS) is 14.8. The molecule has 0 bridgehead atoms. The van der Waals surface area contributed by atoms with E-state index >= 15 is 0 Å². The molecule has 9 heteroatoms. The molecule has 0 unspecified atom stereocenters. The fourth-order valence-corrected chi connectivity index (χ4v) is 5.45. The van der Waals surface area contributed by atoms with Gasteiger partial charge in [-0.15, -0.1) is 11.3 Å². The molecule has 1 aliphatic heterocycles. The maximum atomic E-state index is 13.6. The minimum atomic E-state index is 0.0446. The number of aromatic nitrogens is 3. The van der Waals surface area contributed by atoms with E-state index in [1.807, 2.05) is 52.9 Å². The van der Waals surface area contributed by atoms with Crippen molar-refractivity contribution in [3.05, 3.63) is 59.7 Å². The van der Waals surface area contributed by atoms with Crippen LogP contribution in [0.3, 0.4) is 0 Å². The molecular formula is C27H32N6O2S. The number of ether oxygens (including phenoxy) is 1. The molecule has 5 rings (SSSR count). The zero-order valence-electron chi connectivity index (χ0n) is 20.8. The molecule has 0 saturated carbocycles. The topological polar surface area (TPSA) is 77.6 Å². The monoisotopic (exact) mass is 504 g/mol. The van der Waals surface area contributed by atoms with Crippen LogP contribution in [0.15, 0.2) is 54.2 Å². The number of amides is 1. The van der Waals surface area contributed by atoms with Crippen LogP contribution in [-0.4, -0.2) is 84.1 Å². The van der Waals surface area contributed by atoms with E-state index in [4.69, 9.17) is 9.72 Å². The first-order valence-electron chi connectivity index (χ1n) is 12.3. The molecule has 4 heterocycles. The van der Waals surface area contributed by atoms with Crippen LogP contribution in [0.5, 0.6) is 5.75 Å². The summed E-state index contributed by atoms with van der Waals surface area (Å²) >= 11 is 1.51. The first-order chi connectivity index (χ1) is 17.6. The van der Waals surface area contributed by atoms with Gasteiger partial charge in [-0.2, -0.15) is 0 Å². The van der Waals surface area contributed by atoms with Gasteiger partial charge in [0.1, 0.15) is 11.4 Å². The molecule has 0 atom stereocenters. The van der Waals surface area contributed by atoms with Crippen LogP contribution >= 0.6 is 11.3 Å². The summed E-state index contributed by atoms with van der Waals surface area (Å²) < 4.78 is 5.35. The van der Waals surface area contributed by atoms with Gasteiger partial charge in [-0.3, -0.25) is 9.69 Å². The van der Waals surface area contributed by atoms with Crippen LogP contribution < -0.4 is 9.64 Å². The summed E-state index contributed by atoms with van der Waals surface area (Å²) in [5.41, 5.74) is 3.62. The van der Waals surface area contributed by atoms with Gasteiger partial charge in [-0.25, -0.2) is 9.97 Å². The Hall–Kier alpha value is -3.27. The number of carbonyl (C=O) groups excluding carboxylic acids is 1. The van der Waals surface area contributed by atoms with Crippen LogP contribution in [0, 0.1) is 0 Å². The number of piperazine rings is 1. The molecule has 8 nitrogen and oxygen atoms in total. The molecule has 1 fully saturated rings. The Bertz CT molecular complexity index is 1310. The first-order valence-corrected chi connectivity index (χ1v) is 13.2. The lowest BCUT2D eigenvalue weighted by atomic mass is 10.1. The number of likely N-dealkylation sites (N-methyl/N-ethyl adjacent to an activating group) is 1. The number of hydrogen-bond acceptors (Lipinski definition) is 7. The molecule has 0 aliphatic carbocycles. The van der Waals surface area contributed by atoms with Crippen LogP contribution in [0.2, 0.25) is 0 Å². The lowest BCUT2D eigenvalue weighted by Crippen LogP contribution is -2.45. The molecule has 1 N–H and O–H groups in total. The summed E-state index contributed by atoms with van der Waals surface area (Å²) in [6.07, 6.45) is 4.91. The summed E-state index contributed by atoms with van der Waals surface area (Å²) in [5, 5.41) is 3.78. The molecule has 0 radical (unpaired) electrons. The standard InChI is InChI=1S/C27H32N6O2S/c1-31-12-14-32(15-13-31)10-5-11-33(25(34)17-20-6-3-7-21(16-20)35-2)27-30-24(19-36-27)23-18-29-26-22(23)8-4-9-28-26/h3-4,6-9,16,18-19H,5,10-15,17H2,1-2H3,(H,28,29). The predicted molar refractivity (Wildman–Crippen MR) is 145 cm³/mol. The van der Waals surface area contributed by atoms with Crippen molar-refractivity contribution in [1.29, 1.82) is 0 Å². The van der Waals surface area contributed by atoms with Crippen LogP contribution in [0.1, 0.15) is 12.0 Å². The zero-order chi connectivity index (χ0) is 24.9. The van der Waals surface area contributed by atoms with Gasteiger partial charge < -0.3 is 19.5 Å². The summed E-state index contributed by atoms with van der Waals surface area (Å²) in [7, 11) is 3.81. The number of hydrogen-bond donors (Lipinski definition) is 1. The van der Waals surface area contributed by atoms with Gasteiger partial charge in [0.25, 0.3) is 0 Å². The fraction of sp³-hybridized carbons (Fsp3) is 0.370. The number of pyridine rings is 1. The highest BCUT2D eigenvalue weighted by atomic mass is 32.1. The third kappa shape index (κ3) is 5.59. The van der Waals surface area contributed by atoms with Crippen molar-refractivity contribution in [1.82, 2.24) is 24.8 Å². The van der Waals surface area contributed by atoms with E-state index in [2.05, 4.69) is 26.8 Å². The Morgan fingerprint density at radius 3 is 2.89 bits per heavy atom. The average molecular weight is 505 g/mol. The van der Waals surface area contributed by atoms with Crippen molar-refractivity contribution in [2.24, 2.45) is 0 Å². The molecule has 3 aromatic heterocycles. The van der Waals surface area contributed by atoms with Gasteiger partial charge in [0.2, 0.25) is 5.91 Å². The molecule has 4 aromatic rings. The third-order valence-corrected chi connectivity index (χ3v) is 7.56. The SMILES string of the molecule is COc1cccc(CC(=O)N(CCCN2CCN(C)CC2)c2nc(-c3c[nH]c4ncccc34)cs2)c1. The number of H-pyrrole nitrogens is 1. The number of rotatable bonds is 9. The van der Waals surface area contributed by atoms with Crippen molar-refractivity contribution in [2.75, 3.05) is 58.3 Å². The van der Waals surface area contributed by atoms with Crippen LogP contribution in [0.25, 0.3) is 22.3 Å². The minimum Gasteiger partial charge on any atom is -0.497 e. The molecule has 36 heavy (non-hydrogen) atoms. The second-order valence-corrected chi connectivity index (χ2v) is 10.0. The molecule has 1 aliphatic rings. The number of nitrogens with zero attached hydrogens (tertiary/aromatic N) is 5. The second kappa shape index (κ2) is 11.2. The van der Waals surface area contributed by atoms with Gasteiger partial charge in [0.15, 0.2) is 5.13 Å². The van der Waals surface area contributed by atoms with E-state index in [1.165, 1.54) is 11.3 Å². The number of anilines is 1. The lowest BCUT2D eigenvalue weighted by Gasteiger charge is -2.32. The largest absolute Gasteiger partial charge is 0.497 e. The Kier molecular flexibility index (Phi) is 7.60. The quantitative estimate of drug-likeness (QED) is 0.373. The molecule has 1 saturated heterocycles. The molecule has 0 spiro atoms. The number of thiazole rings is 1. The molecule has 1 aromatic carbocycles. The minimum absolute atomic E-state index is 0.0446. The van der Waals surface area contributed by atoms with E-state index in [9.17, 15) is 4.79 Å². The van der Waals surface area contributed by atoms with E-state index in [-0.39, 0.29) is 5.91 Å². The van der Waals surface area contributed by atoms with Crippen molar-refractivity contribution in [3.8, 4) is 17.0 Å². The number of nitrogens with one attached hydrogen (secondary N) is 1. The van der Waals surface area contributed by atoms with Crippen molar-refractivity contribution >= 4 is 33.4 Å². The molecular weight excluding hydrogens is 472 g/mol. The van der Waals surface area contributed by atoms with Crippen LogP contribution in [0.4, 0.5) is 5.13 Å². The van der Waals surface area contributed by atoms with Gasteiger partial charge >= 0.3 is 0 Å². The highest BCUT2D eigenvalue weighted by Crippen LogP contribution is 2.32. The number of aromatic amines is 1. The fourth-order valence-electron chi connectivity index (χ4n) is 4.58. The maximum absolute atomic E-state index is 13.6. The van der Waals surface area contributed by atoms with Gasteiger partial charge in [0.05, 0.1) is 19.2 Å². The number of fused-ring (bicyclic) bond motifs is 1. The van der Waals surface area contributed by atoms with E-state index < -0.39 is 0 Å².